The van der Waals surface area contributed by atoms with Crippen LogP contribution < -0.4 is 4.74 Å². The second-order valence-corrected chi connectivity index (χ2v) is 5.69. The molecule has 21 heavy (non-hydrogen) atoms. The van der Waals surface area contributed by atoms with Gasteiger partial charge in [0.05, 0.1) is 13.0 Å². The van der Waals surface area contributed by atoms with E-state index in [9.17, 15) is 9.59 Å². The fraction of sp³-hybridized carbons (Fsp3) is 0.500. The maximum atomic E-state index is 12.2. The summed E-state index contributed by atoms with van der Waals surface area (Å²) in [5, 5.41) is 8.71. The zero-order valence-corrected chi connectivity index (χ0v) is 11.9. The van der Waals surface area contributed by atoms with Gasteiger partial charge >= 0.3 is 5.97 Å². The summed E-state index contributed by atoms with van der Waals surface area (Å²) in [4.78, 5) is 24.7. The van der Waals surface area contributed by atoms with Gasteiger partial charge < -0.3 is 14.7 Å². The number of aliphatic carboxylic acids is 1. The summed E-state index contributed by atoms with van der Waals surface area (Å²) in [5.41, 5.74) is 2.29. The van der Waals surface area contributed by atoms with Gasteiger partial charge in [-0.25, -0.2) is 0 Å². The minimum absolute atomic E-state index is 0.0587. The molecule has 1 saturated carbocycles. The number of hydrogen-bond donors (Lipinski definition) is 1. The number of hydrogen-bond acceptors (Lipinski definition) is 3. The van der Waals surface area contributed by atoms with Gasteiger partial charge in [-0.3, -0.25) is 9.59 Å². The smallest absolute Gasteiger partial charge is 0.303 e. The SMILES string of the molecule is O=C(O)CCC(=O)N(Cc1ccc2c(c1)CCO2)C1CC1. The number of amides is 1. The lowest BCUT2D eigenvalue weighted by Crippen LogP contribution is -2.32. The van der Waals surface area contributed by atoms with E-state index >= 15 is 0 Å². The van der Waals surface area contributed by atoms with E-state index in [1.54, 1.807) is 0 Å². The van der Waals surface area contributed by atoms with E-state index in [4.69, 9.17) is 9.84 Å². The third kappa shape index (κ3) is 3.35. The standard InChI is InChI=1S/C16H19NO4/c18-15(5-6-16(19)20)17(13-2-3-13)10-11-1-4-14-12(9-11)7-8-21-14/h1,4,9,13H,2-3,5-8,10H2,(H,19,20). The van der Waals surface area contributed by atoms with Crippen LogP contribution in [0.2, 0.25) is 0 Å². The van der Waals surface area contributed by atoms with Crippen LogP contribution in [0.3, 0.4) is 0 Å². The number of rotatable bonds is 6. The van der Waals surface area contributed by atoms with Gasteiger partial charge in [0.1, 0.15) is 5.75 Å². The monoisotopic (exact) mass is 289 g/mol. The summed E-state index contributed by atoms with van der Waals surface area (Å²) in [6, 6.07) is 6.34. The van der Waals surface area contributed by atoms with E-state index in [0.717, 1.165) is 37.2 Å². The first-order chi connectivity index (χ1) is 10.1. The Bertz CT molecular complexity index is 565. The maximum absolute atomic E-state index is 12.2. The Morgan fingerprint density at radius 2 is 2.10 bits per heavy atom. The van der Waals surface area contributed by atoms with Crippen molar-refractivity contribution in [2.75, 3.05) is 6.61 Å². The molecule has 1 aliphatic heterocycles. The van der Waals surface area contributed by atoms with Gasteiger partial charge in [-0.05, 0) is 30.0 Å². The van der Waals surface area contributed by atoms with Crippen molar-refractivity contribution in [3.8, 4) is 5.75 Å². The predicted molar refractivity (Wildman–Crippen MR) is 76.1 cm³/mol. The van der Waals surface area contributed by atoms with Gasteiger partial charge in [0.2, 0.25) is 5.91 Å². The molecule has 0 atom stereocenters. The second-order valence-electron chi connectivity index (χ2n) is 5.69. The highest BCUT2D eigenvalue weighted by Gasteiger charge is 2.32. The van der Waals surface area contributed by atoms with E-state index in [1.165, 1.54) is 5.56 Å². The molecule has 0 saturated heterocycles. The summed E-state index contributed by atoms with van der Waals surface area (Å²) in [7, 11) is 0. The molecule has 1 aromatic rings. The van der Waals surface area contributed by atoms with Crippen LogP contribution in [-0.2, 0) is 22.6 Å². The van der Waals surface area contributed by atoms with Gasteiger partial charge in [-0.2, -0.15) is 0 Å². The lowest BCUT2D eigenvalue weighted by Gasteiger charge is -2.22. The Balaban J connectivity index is 1.67. The molecule has 112 valence electrons. The third-order valence-electron chi connectivity index (χ3n) is 3.97. The number of nitrogens with zero attached hydrogens (tertiary/aromatic N) is 1. The second kappa shape index (κ2) is 5.76. The number of carbonyl (C=O) groups excluding carboxylic acids is 1. The van der Waals surface area contributed by atoms with E-state index in [1.807, 2.05) is 17.0 Å². The van der Waals surface area contributed by atoms with Crippen molar-refractivity contribution in [1.82, 2.24) is 4.90 Å². The summed E-state index contributed by atoms with van der Waals surface area (Å²) in [6.45, 7) is 1.29. The first kappa shape index (κ1) is 13.9. The van der Waals surface area contributed by atoms with E-state index in [2.05, 4.69) is 6.07 Å². The van der Waals surface area contributed by atoms with Gasteiger partial charge in [-0.15, -0.1) is 0 Å². The normalized spacial score (nSPS) is 16.2. The van der Waals surface area contributed by atoms with Crippen molar-refractivity contribution in [1.29, 1.82) is 0 Å². The Kier molecular flexibility index (Phi) is 3.82. The molecule has 1 N–H and O–H groups in total. The summed E-state index contributed by atoms with van der Waals surface area (Å²) < 4.78 is 5.48. The molecule has 0 unspecified atom stereocenters. The highest BCUT2D eigenvalue weighted by molar-refractivity contribution is 5.81. The minimum Gasteiger partial charge on any atom is -0.493 e. The molecule has 1 fully saturated rings. The largest absolute Gasteiger partial charge is 0.493 e. The molecular weight excluding hydrogens is 270 g/mol. The average molecular weight is 289 g/mol. The van der Waals surface area contributed by atoms with Crippen LogP contribution in [0.1, 0.15) is 36.8 Å². The summed E-state index contributed by atoms with van der Waals surface area (Å²) in [5.74, 6) is -0.0423. The van der Waals surface area contributed by atoms with Crippen LogP contribution >= 0.6 is 0 Å². The van der Waals surface area contributed by atoms with Crippen LogP contribution in [0.15, 0.2) is 18.2 Å². The quantitative estimate of drug-likeness (QED) is 0.869. The molecule has 3 rings (SSSR count). The predicted octanol–water partition coefficient (Wildman–Crippen LogP) is 1.98. The van der Waals surface area contributed by atoms with Crippen LogP contribution in [0.5, 0.6) is 5.75 Å². The van der Waals surface area contributed by atoms with Crippen LogP contribution in [0.25, 0.3) is 0 Å². The van der Waals surface area contributed by atoms with E-state index < -0.39 is 5.97 Å². The minimum atomic E-state index is -0.922. The molecule has 5 heteroatoms. The molecule has 1 amide bonds. The van der Waals surface area contributed by atoms with Gasteiger partial charge in [0, 0.05) is 25.4 Å². The highest BCUT2D eigenvalue weighted by atomic mass is 16.5. The summed E-state index contributed by atoms with van der Waals surface area (Å²) >= 11 is 0. The van der Waals surface area contributed by atoms with Crippen molar-refractivity contribution in [3.63, 3.8) is 0 Å². The molecule has 5 nitrogen and oxygen atoms in total. The van der Waals surface area contributed by atoms with Crippen LogP contribution in [0.4, 0.5) is 0 Å². The van der Waals surface area contributed by atoms with Gasteiger partial charge in [0.15, 0.2) is 0 Å². The number of carboxylic acid groups (broad SMARTS) is 1. The van der Waals surface area contributed by atoms with E-state index in [-0.39, 0.29) is 24.8 Å². The lowest BCUT2D eigenvalue weighted by atomic mass is 10.1. The highest BCUT2D eigenvalue weighted by Crippen LogP contribution is 2.31. The Morgan fingerprint density at radius 3 is 2.81 bits per heavy atom. The zero-order chi connectivity index (χ0) is 14.8. The lowest BCUT2D eigenvalue weighted by molar-refractivity contribution is -0.141. The van der Waals surface area contributed by atoms with Gasteiger partial charge in [-0.1, -0.05) is 12.1 Å². The zero-order valence-electron chi connectivity index (χ0n) is 11.9. The topological polar surface area (TPSA) is 66.8 Å². The number of carbonyl (C=O) groups is 2. The Labute approximate surface area is 123 Å². The molecule has 1 heterocycles. The third-order valence-corrected chi connectivity index (χ3v) is 3.97. The fourth-order valence-electron chi connectivity index (χ4n) is 2.70. The first-order valence-corrected chi connectivity index (χ1v) is 7.39. The van der Waals surface area contributed by atoms with Crippen LogP contribution in [0, 0.1) is 0 Å². The summed E-state index contributed by atoms with van der Waals surface area (Å²) in [6.07, 6.45) is 2.94. The molecule has 0 spiro atoms. The first-order valence-electron chi connectivity index (χ1n) is 7.39. The average Bonchev–Trinajstić information content (AvgIpc) is 3.19. The van der Waals surface area contributed by atoms with E-state index in [0.29, 0.717) is 6.54 Å². The molecule has 2 aliphatic rings. The molecule has 1 aliphatic carbocycles. The van der Waals surface area contributed by atoms with Crippen molar-refractivity contribution in [3.05, 3.63) is 29.3 Å². The maximum Gasteiger partial charge on any atom is 0.303 e. The van der Waals surface area contributed by atoms with Crippen molar-refractivity contribution in [2.45, 2.75) is 44.7 Å². The number of benzene rings is 1. The number of ether oxygens (including phenoxy) is 1. The molecule has 1 aromatic carbocycles. The Hall–Kier alpha value is -2.04. The van der Waals surface area contributed by atoms with Crippen molar-refractivity contribution >= 4 is 11.9 Å². The fourth-order valence-corrected chi connectivity index (χ4v) is 2.70. The molecule has 0 aromatic heterocycles. The molecule has 0 radical (unpaired) electrons. The van der Waals surface area contributed by atoms with Crippen molar-refractivity contribution in [2.24, 2.45) is 0 Å². The Morgan fingerprint density at radius 1 is 1.29 bits per heavy atom. The number of fused-ring (bicyclic) bond motifs is 1. The van der Waals surface area contributed by atoms with Crippen molar-refractivity contribution < 1.29 is 19.4 Å². The molecular formula is C16H19NO4. The van der Waals surface area contributed by atoms with Gasteiger partial charge in [0.25, 0.3) is 0 Å². The number of carboxylic acids is 1. The van der Waals surface area contributed by atoms with Crippen LogP contribution in [-0.4, -0.2) is 34.5 Å². The molecule has 0 bridgehead atoms.